The topological polar surface area (TPSA) is 43.8 Å². The highest BCUT2D eigenvalue weighted by Gasteiger charge is 2.15. The quantitative estimate of drug-likeness (QED) is 0.848. The van der Waals surface area contributed by atoms with Crippen LogP contribution in [0.25, 0.3) is 0 Å². The number of nitrogens with two attached hydrogens (primary N) is 1. The fourth-order valence-electron chi connectivity index (χ4n) is 2.04. The van der Waals surface area contributed by atoms with Crippen molar-refractivity contribution in [2.75, 3.05) is 6.54 Å². The Morgan fingerprint density at radius 3 is 2.75 bits per heavy atom. The van der Waals surface area contributed by atoms with Gasteiger partial charge >= 0.3 is 0 Å². The summed E-state index contributed by atoms with van der Waals surface area (Å²) in [4.78, 5) is 0. The first-order chi connectivity index (χ1) is 7.72. The minimum atomic E-state index is 0.229. The predicted octanol–water partition coefficient (Wildman–Crippen LogP) is 1.82. The van der Waals surface area contributed by atoms with E-state index in [1.165, 1.54) is 11.1 Å². The van der Waals surface area contributed by atoms with Crippen molar-refractivity contribution < 1.29 is 0 Å². The summed E-state index contributed by atoms with van der Waals surface area (Å²) in [5, 5.41) is 4.19. The van der Waals surface area contributed by atoms with Crippen molar-refractivity contribution in [3.8, 4) is 0 Å². The van der Waals surface area contributed by atoms with Gasteiger partial charge in [0.15, 0.2) is 0 Å². The fourth-order valence-corrected chi connectivity index (χ4v) is 2.04. The zero-order valence-electron chi connectivity index (χ0n) is 9.72. The first kappa shape index (κ1) is 10.9. The smallest absolute Gasteiger partial charge is 0.0492 e. The first-order valence-electron chi connectivity index (χ1n) is 5.47. The molecule has 0 amide bonds. The molecule has 1 atom stereocenters. The first-order valence-corrected chi connectivity index (χ1v) is 5.47. The summed E-state index contributed by atoms with van der Waals surface area (Å²) >= 11 is 0. The van der Waals surface area contributed by atoms with Crippen LogP contribution in [0.4, 0.5) is 0 Å². The molecular formula is C13H17N3. The van der Waals surface area contributed by atoms with E-state index in [9.17, 15) is 0 Å². The molecule has 0 radical (unpaired) electrons. The van der Waals surface area contributed by atoms with Gasteiger partial charge < -0.3 is 5.73 Å². The molecule has 2 rings (SSSR count). The highest BCUT2D eigenvalue weighted by molar-refractivity contribution is 5.31. The molecule has 3 heteroatoms. The van der Waals surface area contributed by atoms with Crippen molar-refractivity contribution in [3.63, 3.8) is 0 Å². The Labute approximate surface area is 95.9 Å². The molecule has 0 saturated heterocycles. The third-order valence-corrected chi connectivity index (χ3v) is 2.90. The second-order valence-electron chi connectivity index (χ2n) is 4.08. The summed E-state index contributed by atoms with van der Waals surface area (Å²) in [6, 6.07) is 10.5. The normalized spacial score (nSPS) is 12.7. The minimum absolute atomic E-state index is 0.229. The van der Waals surface area contributed by atoms with Gasteiger partial charge in [-0.1, -0.05) is 29.8 Å². The molecule has 1 heterocycles. The van der Waals surface area contributed by atoms with E-state index in [0.29, 0.717) is 6.54 Å². The summed E-state index contributed by atoms with van der Waals surface area (Å²) < 4.78 is 1.89. The van der Waals surface area contributed by atoms with Crippen LogP contribution in [0.5, 0.6) is 0 Å². The van der Waals surface area contributed by atoms with Crippen molar-refractivity contribution in [3.05, 3.63) is 53.3 Å². The summed E-state index contributed by atoms with van der Waals surface area (Å²) in [5.74, 6) is 0.229. The van der Waals surface area contributed by atoms with Crippen molar-refractivity contribution in [1.29, 1.82) is 0 Å². The lowest BCUT2D eigenvalue weighted by atomic mass is 9.94. The van der Waals surface area contributed by atoms with E-state index in [1.54, 1.807) is 0 Å². The number of benzene rings is 1. The van der Waals surface area contributed by atoms with E-state index in [-0.39, 0.29) is 5.92 Å². The lowest BCUT2D eigenvalue weighted by Crippen LogP contribution is -2.17. The maximum Gasteiger partial charge on any atom is 0.0492 e. The lowest BCUT2D eigenvalue weighted by molar-refractivity contribution is 0.663. The van der Waals surface area contributed by atoms with Gasteiger partial charge in [-0.15, -0.1) is 0 Å². The molecule has 0 saturated carbocycles. The average Bonchev–Trinajstić information content (AvgIpc) is 2.67. The molecule has 1 unspecified atom stereocenters. The lowest BCUT2D eigenvalue weighted by Gasteiger charge is -2.16. The Morgan fingerprint density at radius 1 is 1.38 bits per heavy atom. The molecule has 2 N–H and O–H groups in total. The van der Waals surface area contributed by atoms with Crippen LogP contribution in [-0.2, 0) is 7.05 Å². The molecule has 0 fully saturated rings. The van der Waals surface area contributed by atoms with E-state index >= 15 is 0 Å². The number of nitrogens with zero attached hydrogens (tertiary/aromatic N) is 2. The largest absolute Gasteiger partial charge is 0.329 e. The second kappa shape index (κ2) is 4.49. The van der Waals surface area contributed by atoms with Crippen LogP contribution in [0, 0.1) is 6.92 Å². The molecule has 0 bridgehead atoms. The Bertz CT molecular complexity index is 474. The second-order valence-corrected chi connectivity index (χ2v) is 4.08. The standard InChI is InChI=1S/C13H17N3/c1-10-4-3-5-11(8-10)12(9-14)13-6-7-15-16(13)2/h3-8,12H,9,14H2,1-2H3. The Kier molecular flexibility index (Phi) is 3.06. The Balaban J connectivity index is 2.40. The SMILES string of the molecule is Cc1cccc(C(CN)c2ccnn2C)c1. The molecule has 0 aliphatic heterocycles. The zero-order chi connectivity index (χ0) is 11.5. The highest BCUT2D eigenvalue weighted by atomic mass is 15.3. The van der Waals surface area contributed by atoms with Gasteiger partial charge in [0.25, 0.3) is 0 Å². The minimum Gasteiger partial charge on any atom is -0.329 e. The van der Waals surface area contributed by atoms with Gasteiger partial charge in [-0.3, -0.25) is 4.68 Å². The number of aromatic nitrogens is 2. The van der Waals surface area contributed by atoms with E-state index in [4.69, 9.17) is 5.73 Å². The third kappa shape index (κ3) is 1.99. The van der Waals surface area contributed by atoms with E-state index in [1.807, 2.05) is 24.0 Å². The van der Waals surface area contributed by atoms with Gasteiger partial charge in [-0.25, -0.2) is 0 Å². The van der Waals surface area contributed by atoms with Gasteiger partial charge in [-0.2, -0.15) is 5.10 Å². The summed E-state index contributed by atoms with van der Waals surface area (Å²) in [6.07, 6.45) is 1.81. The summed E-state index contributed by atoms with van der Waals surface area (Å²) in [7, 11) is 1.95. The molecule has 0 aliphatic rings. The molecule has 0 aliphatic carbocycles. The van der Waals surface area contributed by atoms with E-state index in [2.05, 4.69) is 36.3 Å². The molecular weight excluding hydrogens is 198 g/mol. The molecule has 3 nitrogen and oxygen atoms in total. The van der Waals surface area contributed by atoms with Crippen LogP contribution in [0.15, 0.2) is 36.5 Å². The zero-order valence-corrected chi connectivity index (χ0v) is 9.72. The number of rotatable bonds is 3. The van der Waals surface area contributed by atoms with Crippen LogP contribution in [-0.4, -0.2) is 16.3 Å². The fraction of sp³-hybridized carbons (Fsp3) is 0.308. The summed E-state index contributed by atoms with van der Waals surface area (Å²) in [5.41, 5.74) is 9.55. The maximum absolute atomic E-state index is 5.87. The maximum atomic E-state index is 5.87. The summed E-state index contributed by atoms with van der Waals surface area (Å²) in [6.45, 7) is 2.70. The number of hydrogen-bond donors (Lipinski definition) is 1. The van der Waals surface area contributed by atoms with Crippen molar-refractivity contribution in [2.24, 2.45) is 12.8 Å². The van der Waals surface area contributed by atoms with Crippen LogP contribution in [0.3, 0.4) is 0 Å². The van der Waals surface area contributed by atoms with E-state index < -0.39 is 0 Å². The average molecular weight is 215 g/mol. The van der Waals surface area contributed by atoms with Crippen LogP contribution in [0.1, 0.15) is 22.7 Å². The molecule has 1 aromatic carbocycles. The molecule has 0 spiro atoms. The molecule has 1 aromatic heterocycles. The van der Waals surface area contributed by atoms with Gasteiger partial charge in [0.2, 0.25) is 0 Å². The van der Waals surface area contributed by atoms with Crippen LogP contribution in [0.2, 0.25) is 0 Å². The Morgan fingerprint density at radius 2 is 2.19 bits per heavy atom. The number of hydrogen-bond acceptors (Lipinski definition) is 2. The monoisotopic (exact) mass is 215 g/mol. The van der Waals surface area contributed by atoms with Gasteiger partial charge in [0.1, 0.15) is 0 Å². The predicted molar refractivity (Wildman–Crippen MR) is 65.3 cm³/mol. The molecule has 16 heavy (non-hydrogen) atoms. The van der Waals surface area contributed by atoms with Gasteiger partial charge in [-0.05, 0) is 18.6 Å². The van der Waals surface area contributed by atoms with Crippen molar-refractivity contribution in [2.45, 2.75) is 12.8 Å². The van der Waals surface area contributed by atoms with Crippen molar-refractivity contribution in [1.82, 2.24) is 9.78 Å². The van der Waals surface area contributed by atoms with E-state index in [0.717, 1.165) is 5.69 Å². The highest BCUT2D eigenvalue weighted by Crippen LogP contribution is 2.23. The third-order valence-electron chi connectivity index (χ3n) is 2.90. The Hall–Kier alpha value is -1.61. The molecule has 2 aromatic rings. The molecule has 84 valence electrons. The number of aryl methyl sites for hydroxylation is 2. The van der Waals surface area contributed by atoms with Gasteiger partial charge in [0.05, 0.1) is 0 Å². The van der Waals surface area contributed by atoms with Crippen LogP contribution < -0.4 is 5.73 Å². The van der Waals surface area contributed by atoms with Gasteiger partial charge in [0, 0.05) is 31.4 Å². The van der Waals surface area contributed by atoms with Crippen molar-refractivity contribution >= 4 is 0 Å². The van der Waals surface area contributed by atoms with Crippen LogP contribution >= 0.6 is 0 Å².